The number of nitrogens with zero attached hydrogens (tertiary/aromatic N) is 4. The Balaban J connectivity index is 1.66. The average molecular weight is 426 g/mol. The maximum Gasteiger partial charge on any atom is 0.147 e. The molecule has 0 aliphatic carbocycles. The molecule has 1 saturated heterocycles. The van der Waals surface area contributed by atoms with E-state index in [0.29, 0.717) is 17.6 Å². The number of rotatable bonds is 6. The summed E-state index contributed by atoms with van der Waals surface area (Å²) in [7, 11) is -2.95. The first kappa shape index (κ1) is 20.5. The number of sulfone groups is 1. The fourth-order valence-corrected chi connectivity index (χ4v) is 5.12. The molecule has 8 heteroatoms. The predicted octanol–water partition coefficient (Wildman–Crippen LogP) is 3.68. The first-order valence-electron chi connectivity index (χ1n) is 10.1. The van der Waals surface area contributed by atoms with Gasteiger partial charge in [-0.05, 0) is 42.0 Å². The minimum absolute atomic E-state index is 0.190. The number of hydrogen-bond acceptors (Lipinski definition) is 7. The van der Waals surface area contributed by atoms with Crippen molar-refractivity contribution in [2.75, 3.05) is 35.3 Å². The molecule has 3 heterocycles. The van der Waals surface area contributed by atoms with Gasteiger partial charge in [-0.3, -0.25) is 0 Å². The van der Waals surface area contributed by atoms with Gasteiger partial charge in [0, 0.05) is 48.7 Å². The van der Waals surface area contributed by atoms with Crippen LogP contribution in [0.4, 0.5) is 17.3 Å². The molecule has 7 nitrogen and oxygen atoms in total. The zero-order chi connectivity index (χ0) is 21.5. The zero-order valence-corrected chi connectivity index (χ0v) is 18.6. The van der Waals surface area contributed by atoms with Crippen LogP contribution in [0.1, 0.15) is 31.2 Å². The van der Waals surface area contributed by atoms with Gasteiger partial charge in [0.2, 0.25) is 0 Å². The van der Waals surface area contributed by atoms with Crippen LogP contribution >= 0.6 is 0 Å². The van der Waals surface area contributed by atoms with Crippen LogP contribution in [0, 0.1) is 12.8 Å². The summed E-state index contributed by atoms with van der Waals surface area (Å²) in [6, 6.07) is 8.20. The molecule has 1 aliphatic rings. The molecule has 1 N–H and O–H groups in total. The molecule has 4 rings (SSSR count). The van der Waals surface area contributed by atoms with Gasteiger partial charge in [0.05, 0.1) is 5.75 Å². The molecule has 0 amide bonds. The van der Waals surface area contributed by atoms with Crippen LogP contribution in [0.3, 0.4) is 0 Å². The second-order valence-corrected chi connectivity index (χ2v) is 10.6. The molecule has 0 radical (unpaired) electrons. The van der Waals surface area contributed by atoms with E-state index in [1.807, 2.05) is 19.2 Å². The van der Waals surface area contributed by atoms with E-state index < -0.39 is 9.84 Å². The Labute approximate surface area is 177 Å². The van der Waals surface area contributed by atoms with Crippen molar-refractivity contribution >= 4 is 37.9 Å². The van der Waals surface area contributed by atoms with Crippen LogP contribution in [0.2, 0.25) is 0 Å². The van der Waals surface area contributed by atoms with Crippen LogP contribution in [0.15, 0.2) is 36.7 Å². The van der Waals surface area contributed by atoms with Crippen molar-refractivity contribution in [3.8, 4) is 0 Å². The quantitative estimate of drug-likeness (QED) is 0.644. The number of fused-ring (bicyclic) bond motifs is 1. The Bertz CT molecular complexity index is 1190. The van der Waals surface area contributed by atoms with E-state index in [9.17, 15) is 8.42 Å². The van der Waals surface area contributed by atoms with Gasteiger partial charge in [-0.2, -0.15) is 0 Å². The third-order valence-corrected chi connectivity index (χ3v) is 6.48. The van der Waals surface area contributed by atoms with Crippen LogP contribution in [-0.2, 0) is 9.84 Å². The molecule has 30 heavy (non-hydrogen) atoms. The molecule has 1 aromatic carbocycles. The van der Waals surface area contributed by atoms with Gasteiger partial charge < -0.3 is 10.2 Å². The number of benzene rings is 1. The van der Waals surface area contributed by atoms with E-state index in [1.54, 1.807) is 6.20 Å². The highest BCUT2D eigenvalue weighted by Crippen LogP contribution is 2.37. The largest absolute Gasteiger partial charge is 0.370 e. The lowest BCUT2D eigenvalue weighted by molar-refractivity contribution is 0.445. The lowest BCUT2D eigenvalue weighted by Crippen LogP contribution is -2.49. The molecule has 0 saturated carbocycles. The minimum Gasteiger partial charge on any atom is -0.370 e. The summed E-state index contributed by atoms with van der Waals surface area (Å²) < 4.78 is 23.1. The molecular formula is C22H27N5O2S. The summed E-state index contributed by atoms with van der Waals surface area (Å²) >= 11 is 0. The summed E-state index contributed by atoms with van der Waals surface area (Å²) in [4.78, 5) is 15.4. The fraction of sp³-hybridized carbons (Fsp3) is 0.409. The van der Waals surface area contributed by atoms with Crippen molar-refractivity contribution < 1.29 is 8.42 Å². The van der Waals surface area contributed by atoms with Crippen molar-refractivity contribution in [2.45, 2.75) is 26.7 Å². The first-order chi connectivity index (χ1) is 14.2. The lowest BCUT2D eigenvalue weighted by atomic mass is 9.93. The second kappa shape index (κ2) is 7.83. The van der Waals surface area contributed by atoms with Gasteiger partial charge in [-0.1, -0.05) is 19.9 Å². The van der Waals surface area contributed by atoms with Gasteiger partial charge in [-0.15, -0.1) is 0 Å². The van der Waals surface area contributed by atoms with Crippen molar-refractivity contribution in [2.24, 2.45) is 5.92 Å². The van der Waals surface area contributed by atoms with Crippen LogP contribution in [0.25, 0.3) is 10.8 Å². The van der Waals surface area contributed by atoms with E-state index in [4.69, 9.17) is 0 Å². The summed E-state index contributed by atoms with van der Waals surface area (Å²) in [5, 5.41) is 5.51. The maximum absolute atomic E-state index is 11.6. The summed E-state index contributed by atoms with van der Waals surface area (Å²) in [5.74, 6) is 2.95. The number of aryl methyl sites for hydroxylation is 1. The summed E-state index contributed by atoms with van der Waals surface area (Å²) in [6.45, 7) is 7.72. The Hall–Kier alpha value is -2.74. The summed E-state index contributed by atoms with van der Waals surface area (Å²) in [5.41, 5.74) is 2.36. The highest BCUT2D eigenvalue weighted by Gasteiger charge is 2.31. The number of aromatic nitrogens is 3. The Morgan fingerprint density at radius 3 is 2.57 bits per heavy atom. The second-order valence-electron chi connectivity index (χ2n) is 8.42. The number of hydrogen-bond donors (Lipinski definition) is 1. The van der Waals surface area contributed by atoms with Crippen LogP contribution in [-0.4, -0.2) is 48.5 Å². The average Bonchev–Trinajstić information content (AvgIpc) is 2.62. The van der Waals surface area contributed by atoms with E-state index in [-0.39, 0.29) is 11.7 Å². The molecular weight excluding hydrogens is 398 g/mol. The monoisotopic (exact) mass is 425 g/mol. The zero-order valence-electron chi connectivity index (χ0n) is 17.8. The molecule has 158 valence electrons. The van der Waals surface area contributed by atoms with Gasteiger partial charge in [0.15, 0.2) is 0 Å². The third kappa shape index (κ3) is 4.38. The molecule has 0 atom stereocenters. The molecule has 3 aromatic rings. The standard InChI is InChI=1S/C22H27N5O2S/c1-14(2)17-5-6-20(27-11-16(12-27)13-30(4,28)29)19-10-24-22(9-18(17)19)26-21-7-8-23-15(3)25-21/h5-10,14,16H,11-13H2,1-4H3,(H,23,24,25,26). The SMILES string of the molecule is Cc1nccc(Nc2cc3c(C(C)C)ccc(N4CC(CS(C)(=O)=O)C4)c3cn2)n1. The van der Waals surface area contributed by atoms with Gasteiger partial charge in [0.25, 0.3) is 0 Å². The topological polar surface area (TPSA) is 88.1 Å². The first-order valence-corrected chi connectivity index (χ1v) is 12.2. The fourth-order valence-electron chi connectivity index (χ4n) is 4.05. The van der Waals surface area contributed by atoms with Crippen LogP contribution in [0.5, 0.6) is 0 Å². The number of anilines is 3. The third-order valence-electron chi connectivity index (χ3n) is 5.40. The van der Waals surface area contributed by atoms with Crippen molar-refractivity contribution in [1.29, 1.82) is 0 Å². The maximum atomic E-state index is 11.6. The molecule has 2 aromatic heterocycles. The smallest absolute Gasteiger partial charge is 0.147 e. The van der Waals surface area contributed by atoms with Crippen molar-refractivity contribution in [1.82, 2.24) is 15.0 Å². The van der Waals surface area contributed by atoms with Gasteiger partial charge in [-0.25, -0.2) is 23.4 Å². The van der Waals surface area contributed by atoms with E-state index in [2.05, 4.69) is 57.2 Å². The minimum atomic E-state index is -2.95. The predicted molar refractivity (Wildman–Crippen MR) is 121 cm³/mol. The van der Waals surface area contributed by atoms with E-state index in [0.717, 1.165) is 35.4 Å². The highest BCUT2D eigenvalue weighted by molar-refractivity contribution is 7.90. The van der Waals surface area contributed by atoms with Crippen molar-refractivity contribution in [3.05, 3.63) is 48.0 Å². The molecule has 0 bridgehead atoms. The van der Waals surface area contributed by atoms with Crippen LogP contribution < -0.4 is 10.2 Å². The Kier molecular flexibility index (Phi) is 5.36. The Morgan fingerprint density at radius 2 is 1.90 bits per heavy atom. The molecule has 0 spiro atoms. The summed E-state index contributed by atoms with van der Waals surface area (Å²) in [6.07, 6.45) is 4.93. The Morgan fingerprint density at radius 1 is 1.13 bits per heavy atom. The highest BCUT2D eigenvalue weighted by atomic mass is 32.2. The van der Waals surface area contributed by atoms with Crippen molar-refractivity contribution in [3.63, 3.8) is 0 Å². The molecule has 1 fully saturated rings. The number of pyridine rings is 1. The molecule has 1 aliphatic heterocycles. The van der Waals surface area contributed by atoms with E-state index >= 15 is 0 Å². The normalized spacial score (nSPS) is 14.9. The van der Waals surface area contributed by atoms with Gasteiger partial charge >= 0.3 is 0 Å². The van der Waals surface area contributed by atoms with Gasteiger partial charge in [0.1, 0.15) is 27.3 Å². The lowest BCUT2D eigenvalue weighted by Gasteiger charge is -2.41. The molecule has 0 unspecified atom stereocenters. The van der Waals surface area contributed by atoms with E-state index in [1.165, 1.54) is 11.8 Å². The number of nitrogens with one attached hydrogen (secondary N) is 1.